The molecule has 0 bridgehead atoms. The number of hydrogen-bond donors (Lipinski definition) is 1. The van der Waals surface area contributed by atoms with E-state index in [0.29, 0.717) is 28.7 Å². The van der Waals surface area contributed by atoms with Crippen molar-refractivity contribution in [2.24, 2.45) is 5.92 Å². The summed E-state index contributed by atoms with van der Waals surface area (Å²) >= 11 is 1.37. The monoisotopic (exact) mass is 380 g/mol. The molecule has 1 aliphatic rings. The van der Waals surface area contributed by atoms with Gasteiger partial charge in [-0.25, -0.2) is 9.97 Å². The van der Waals surface area contributed by atoms with Gasteiger partial charge in [-0.3, -0.25) is 4.79 Å². The minimum absolute atomic E-state index is 0.115. The van der Waals surface area contributed by atoms with Gasteiger partial charge in [0.25, 0.3) is 0 Å². The second kappa shape index (κ2) is 8.53. The molecular weight excluding hydrogens is 356 g/mol. The van der Waals surface area contributed by atoms with E-state index >= 15 is 0 Å². The molecule has 2 unspecified atom stereocenters. The van der Waals surface area contributed by atoms with E-state index in [4.69, 9.17) is 4.98 Å². The van der Waals surface area contributed by atoms with Gasteiger partial charge >= 0.3 is 0 Å². The number of amides is 1. The van der Waals surface area contributed by atoms with Gasteiger partial charge in [0.05, 0.1) is 10.8 Å². The first-order valence-corrected chi connectivity index (χ1v) is 10.2. The van der Waals surface area contributed by atoms with Crippen molar-refractivity contribution < 1.29 is 4.79 Å². The number of carbonyl (C=O) groups excluding carboxylic acids is 1. The van der Waals surface area contributed by atoms with Crippen molar-refractivity contribution >= 4 is 23.5 Å². The van der Waals surface area contributed by atoms with E-state index in [1.165, 1.54) is 17.3 Å². The molecule has 27 heavy (non-hydrogen) atoms. The molecule has 3 rings (SSSR count). The summed E-state index contributed by atoms with van der Waals surface area (Å²) in [5.74, 6) is 1.05. The number of nitrogens with one attached hydrogen (secondary N) is 1. The van der Waals surface area contributed by atoms with Crippen LogP contribution in [0.25, 0.3) is 0 Å². The Morgan fingerprint density at radius 3 is 2.96 bits per heavy atom. The summed E-state index contributed by atoms with van der Waals surface area (Å²) in [5, 5.41) is 12.8. The lowest BCUT2D eigenvalue weighted by molar-refractivity contribution is -0.115. The molecule has 140 valence electrons. The Morgan fingerprint density at radius 2 is 2.30 bits per heavy atom. The summed E-state index contributed by atoms with van der Waals surface area (Å²) in [6, 6.07) is 7.93. The van der Waals surface area contributed by atoms with Crippen LogP contribution in [0.2, 0.25) is 0 Å². The average molecular weight is 381 g/mol. The summed E-state index contributed by atoms with van der Waals surface area (Å²) in [7, 11) is 0. The number of aryl methyl sites for hydroxylation is 2. The van der Waals surface area contributed by atoms with Crippen LogP contribution in [0.15, 0.2) is 29.4 Å². The number of thioether (sulfide) groups is 1. The molecule has 2 aromatic heterocycles. The van der Waals surface area contributed by atoms with E-state index in [9.17, 15) is 10.1 Å². The molecule has 0 saturated heterocycles. The zero-order chi connectivity index (χ0) is 19.4. The van der Waals surface area contributed by atoms with Gasteiger partial charge < -0.3 is 5.32 Å². The number of anilines is 1. The third-order valence-corrected chi connectivity index (χ3v) is 6.17. The normalized spacial score (nSPS) is 16.9. The van der Waals surface area contributed by atoms with E-state index in [1.807, 2.05) is 26.0 Å². The van der Waals surface area contributed by atoms with Crippen molar-refractivity contribution in [3.8, 4) is 6.07 Å². The molecule has 0 fully saturated rings. The highest BCUT2D eigenvalue weighted by molar-refractivity contribution is 8.00. The third-order valence-electron chi connectivity index (χ3n) is 4.80. The highest BCUT2D eigenvalue weighted by atomic mass is 32.2. The first kappa shape index (κ1) is 19.4. The van der Waals surface area contributed by atoms with Crippen LogP contribution in [0.4, 0.5) is 5.82 Å². The van der Waals surface area contributed by atoms with Crippen LogP contribution in [-0.4, -0.2) is 21.1 Å². The van der Waals surface area contributed by atoms with Crippen LogP contribution in [0.1, 0.15) is 49.1 Å². The Bertz CT molecular complexity index is 873. The van der Waals surface area contributed by atoms with Gasteiger partial charge in [0.1, 0.15) is 16.9 Å². The standard InChI is InChI=1S/C21H24N4OS/c1-4-18(20(26)25-19-8-6-14(3)12-23-19)27-21-16(11-22)10-15-9-13(2)5-7-17(15)24-21/h6,8,10,12-13,18H,4-5,7,9H2,1-3H3,(H,23,25,26). The lowest BCUT2D eigenvalue weighted by Crippen LogP contribution is -2.25. The molecule has 5 nitrogen and oxygen atoms in total. The lowest BCUT2D eigenvalue weighted by Gasteiger charge is -2.22. The number of nitrogens with zero attached hydrogens (tertiary/aromatic N) is 3. The Morgan fingerprint density at radius 1 is 1.48 bits per heavy atom. The molecule has 2 atom stereocenters. The van der Waals surface area contributed by atoms with Crippen molar-refractivity contribution in [3.63, 3.8) is 0 Å². The van der Waals surface area contributed by atoms with Gasteiger partial charge in [-0.1, -0.05) is 31.7 Å². The Labute approximate surface area is 164 Å². The second-order valence-electron chi connectivity index (χ2n) is 7.13. The maximum Gasteiger partial charge on any atom is 0.239 e. The Balaban J connectivity index is 1.78. The summed E-state index contributed by atoms with van der Waals surface area (Å²) in [4.78, 5) is 21.7. The molecule has 0 spiro atoms. The Hall–Kier alpha value is -2.39. The average Bonchev–Trinajstić information content (AvgIpc) is 2.67. The minimum atomic E-state index is -0.326. The van der Waals surface area contributed by atoms with Crippen molar-refractivity contribution in [1.82, 2.24) is 9.97 Å². The van der Waals surface area contributed by atoms with Crippen molar-refractivity contribution in [2.45, 2.75) is 56.7 Å². The number of nitriles is 1. The highest BCUT2D eigenvalue weighted by Gasteiger charge is 2.24. The number of aromatic nitrogens is 2. The van der Waals surface area contributed by atoms with Crippen LogP contribution >= 0.6 is 11.8 Å². The fourth-order valence-corrected chi connectivity index (χ4v) is 4.20. The number of hydrogen-bond acceptors (Lipinski definition) is 5. The van der Waals surface area contributed by atoms with Gasteiger partial charge in [0.15, 0.2) is 0 Å². The van der Waals surface area contributed by atoms with Gasteiger partial charge in [0.2, 0.25) is 5.91 Å². The molecule has 1 aliphatic carbocycles. The van der Waals surface area contributed by atoms with Gasteiger partial charge in [-0.2, -0.15) is 5.26 Å². The number of pyridine rings is 2. The van der Waals surface area contributed by atoms with E-state index < -0.39 is 0 Å². The van der Waals surface area contributed by atoms with Crippen molar-refractivity contribution in [2.75, 3.05) is 5.32 Å². The van der Waals surface area contributed by atoms with E-state index in [2.05, 4.69) is 23.3 Å². The van der Waals surface area contributed by atoms with Crippen LogP contribution < -0.4 is 5.32 Å². The van der Waals surface area contributed by atoms with Gasteiger partial charge in [0, 0.05) is 11.9 Å². The molecule has 0 saturated carbocycles. The molecule has 0 aliphatic heterocycles. The summed E-state index contributed by atoms with van der Waals surface area (Å²) < 4.78 is 0. The predicted octanol–water partition coefficient (Wildman–Crippen LogP) is 4.29. The molecule has 1 amide bonds. The van der Waals surface area contributed by atoms with Crippen LogP contribution in [0, 0.1) is 24.2 Å². The molecule has 0 radical (unpaired) electrons. The maximum absolute atomic E-state index is 12.7. The van der Waals surface area contributed by atoms with Crippen LogP contribution in [0.5, 0.6) is 0 Å². The lowest BCUT2D eigenvalue weighted by atomic mass is 9.87. The maximum atomic E-state index is 12.7. The van der Waals surface area contributed by atoms with E-state index in [1.54, 1.807) is 12.3 Å². The van der Waals surface area contributed by atoms with Gasteiger partial charge in [-0.05, 0) is 61.8 Å². The van der Waals surface area contributed by atoms with Crippen LogP contribution in [0.3, 0.4) is 0 Å². The predicted molar refractivity (Wildman–Crippen MR) is 108 cm³/mol. The fraction of sp³-hybridized carbons (Fsp3) is 0.429. The zero-order valence-electron chi connectivity index (χ0n) is 16.0. The molecule has 2 heterocycles. The summed E-state index contributed by atoms with van der Waals surface area (Å²) in [6.07, 6.45) is 5.39. The number of carbonyl (C=O) groups is 1. The first-order valence-electron chi connectivity index (χ1n) is 9.33. The molecule has 0 aromatic carbocycles. The number of rotatable bonds is 5. The minimum Gasteiger partial charge on any atom is -0.310 e. The smallest absolute Gasteiger partial charge is 0.239 e. The largest absolute Gasteiger partial charge is 0.310 e. The molecule has 1 N–H and O–H groups in total. The first-order chi connectivity index (χ1) is 13.0. The SMILES string of the molecule is CCC(Sc1nc2c(cc1C#N)CC(C)CC2)C(=O)Nc1ccc(C)cn1. The third kappa shape index (κ3) is 4.67. The van der Waals surface area contributed by atoms with Gasteiger partial charge in [-0.15, -0.1) is 0 Å². The van der Waals surface area contributed by atoms with Crippen molar-refractivity contribution in [3.05, 3.63) is 46.8 Å². The van der Waals surface area contributed by atoms with E-state index in [-0.39, 0.29) is 11.2 Å². The topological polar surface area (TPSA) is 78.7 Å². The number of fused-ring (bicyclic) bond motifs is 1. The summed E-state index contributed by atoms with van der Waals surface area (Å²) in [6.45, 7) is 6.15. The second-order valence-corrected chi connectivity index (χ2v) is 8.32. The Kier molecular flexibility index (Phi) is 6.12. The van der Waals surface area contributed by atoms with E-state index in [0.717, 1.165) is 30.5 Å². The summed E-state index contributed by atoms with van der Waals surface area (Å²) in [5.41, 5.74) is 3.86. The van der Waals surface area contributed by atoms with Crippen molar-refractivity contribution in [1.29, 1.82) is 5.26 Å². The fourth-order valence-electron chi connectivity index (χ4n) is 3.20. The zero-order valence-corrected chi connectivity index (χ0v) is 16.8. The molecule has 2 aromatic rings. The molecular formula is C21H24N4OS. The quantitative estimate of drug-likeness (QED) is 0.783. The highest BCUT2D eigenvalue weighted by Crippen LogP contribution is 2.32. The molecule has 6 heteroatoms. The van der Waals surface area contributed by atoms with Crippen LogP contribution in [-0.2, 0) is 17.6 Å².